The van der Waals surface area contributed by atoms with Crippen LogP contribution in [0.2, 0.25) is 0 Å². The van der Waals surface area contributed by atoms with Crippen molar-refractivity contribution in [3.05, 3.63) is 0 Å². The Bertz CT molecular complexity index is 393. The molecule has 0 aromatic carbocycles. The number of thiol groups is 1. The summed E-state index contributed by atoms with van der Waals surface area (Å²) < 4.78 is 0. The summed E-state index contributed by atoms with van der Waals surface area (Å²) in [5.41, 5.74) is 14.5. The number of hydrazine groups is 1. The van der Waals surface area contributed by atoms with Crippen molar-refractivity contribution in [1.29, 1.82) is 0 Å². The Kier molecular flexibility index (Phi) is 13.0. The van der Waals surface area contributed by atoms with Crippen LogP contribution in [0, 0.1) is 0 Å². The normalized spacial score (nSPS) is 12.5. The third-order valence-electron chi connectivity index (χ3n) is 2.02. The molecule has 0 heterocycles. The van der Waals surface area contributed by atoms with E-state index in [2.05, 4.69) is 23.5 Å². The zero-order valence-corrected chi connectivity index (χ0v) is 12.5. The van der Waals surface area contributed by atoms with Crippen molar-refractivity contribution in [1.82, 2.24) is 10.9 Å². The molecule has 0 bridgehead atoms. The minimum atomic E-state index is -1.11. The number of hydrogen-bond donors (Lipinski definition) is 8. The van der Waals surface area contributed by atoms with Crippen molar-refractivity contribution < 1.29 is 34.5 Å². The highest BCUT2D eigenvalue weighted by molar-refractivity contribution is 7.80. The van der Waals surface area contributed by atoms with Crippen molar-refractivity contribution in [2.75, 3.05) is 12.3 Å². The van der Waals surface area contributed by atoms with Crippen LogP contribution in [0.1, 0.15) is 12.8 Å². The third kappa shape index (κ3) is 14.5. The molecular formula is C10H20N4O7S. The molecule has 0 aromatic heterocycles. The molecule has 1 amide bonds. The lowest BCUT2D eigenvalue weighted by Crippen LogP contribution is -2.49. The van der Waals surface area contributed by atoms with Gasteiger partial charge in [-0.2, -0.15) is 12.6 Å². The highest BCUT2D eigenvalue weighted by Gasteiger charge is 2.16. The first-order chi connectivity index (χ1) is 10.1. The lowest BCUT2D eigenvalue weighted by atomic mass is 10.1. The first-order valence-corrected chi connectivity index (χ1v) is 6.55. The largest absolute Gasteiger partial charge is 0.481 e. The zero-order valence-electron chi connectivity index (χ0n) is 11.6. The van der Waals surface area contributed by atoms with E-state index in [1.807, 2.05) is 0 Å². The molecule has 12 heteroatoms. The minimum Gasteiger partial charge on any atom is -0.481 e. The summed E-state index contributed by atoms with van der Waals surface area (Å²) in [6.45, 7) is -0.392. The lowest BCUT2D eigenvalue weighted by molar-refractivity contribution is -0.138. The summed E-state index contributed by atoms with van der Waals surface area (Å²) in [6.07, 6.45) is -0.230. The van der Waals surface area contributed by atoms with Crippen molar-refractivity contribution >= 4 is 36.4 Å². The number of hydrogen-bond acceptors (Lipinski definition) is 8. The van der Waals surface area contributed by atoms with Crippen molar-refractivity contribution in [3.8, 4) is 0 Å². The number of aliphatic carboxylic acids is 3. The van der Waals surface area contributed by atoms with Crippen LogP contribution in [0.4, 0.5) is 0 Å². The van der Waals surface area contributed by atoms with Gasteiger partial charge in [-0.15, -0.1) is 0 Å². The Morgan fingerprint density at radius 1 is 1.09 bits per heavy atom. The number of carbonyl (C=O) groups excluding carboxylic acids is 1. The Morgan fingerprint density at radius 3 is 1.91 bits per heavy atom. The number of rotatable bonds is 10. The number of carbonyl (C=O) groups is 4. The molecule has 0 spiro atoms. The van der Waals surface area contributed by atoms with Crippen molar-refractivity contribution in [3.63, 3.8) is 0 Å². The van der Waals surface area contributed by atoms with Gasteiger partial charge >= 0.3 is 17.9 Å². The smallest absolute Gasteiger partial charge is 0.321 e. The molecule has 0 aliphatic rings. The van der Waals surface area contributed by atoms with E-state index in [4.69, 9.17) is 26.8 Å². The second-order valence-corrected chi connectivity index (χ2v) is 4.27. The number of nitrogens with one attached hydrogen (secondary N) is 2. The van der Waals surface area contributed by atoms with Gasteiger partial charge in [0.25, 0.3) is 0 Å². The lowest BCUT2D eigenvalue weighted by Gasteiger charge is -2.13. The molecule has 0 radical (unpaired) electrons. The maximum absolute atomic E-state index is 10.8. The standard InChI is InChI=1S/C7H13N3O5.C3H7NO2S/c8-7(15)4(1-2-5(11)12)10-9-3-6(13)14;4-2(1-7)3(5)6/h4,9-10H,1-3H2,(H2,8,15)(H,11,12)(H,13,14);2,7H,1,4H2,(H,5,6)/t4-;2-/m00/s1. The topological polar surface area (TPSA) is 205 Å². The zero-order chi connectivity index (χ0) is 17.7. The van der Waals surface area contributed by atoms with Crippen LogP contribution in [0.25, 0.3) is 0 Å². The fourth-order valence-corrected chi connectivity index (χ4v) is 1.04. The Labute approximate surface area is 131 Å². The molecule has 11 nitrogen and oxygen atoms in total. The summed E-state index contributed by atoms with van der Waals surface area (Å²) in [5.74, 6) is -3.72. The predicted molar refractivity (Wildman–Crippen MR) is 78.1 cm³/mol. The molecule has 0 rings (SSSR count). The second kappa shape index (κ2) is 12.8. The van der Waals surface area contributed by atoms with Crippen LogP contribution in [0.15, 0.2) is 0 Å². The third-order valence-corrected chi connectivity index (χ3v) is 2.41. The highest BCUT2D eigenvalue weighted by Crippen LogP contribution is 1.95. The van der Waals surface area contributed by atoms with E-state index in [0.717, 1.165) is 0 Å². The summed E-state index contributed by atoms with van der Waals surface area (Å²) in [5, 5.41) is 24.6. The van der Waals surface area contributed by atoms with Crippen LogP contribution in [0.3, 0.4) is 0 Å². The van der Waals surface area contributed by atoms with Gasteiger partial charge in [-0.3, -0.25) is 19.2 Å². The maximum atomic E-state index is 10.8. The minimum absolute atomic E-state index is 0.00269. The maximum Gasteiger partial charge on any atom is 0.321 e. The number of primary amides is 1. The number of amides is 1. The average Bonchev–Trinajstić information content (AvgIpc) is 2.41. The van der Waals surface area contributed by atoms with Gasteiger partial charge in [0.2, 0.25) is 5.91 Å². The van der Waals surface area contributed by atoms with E-state index in [-0.39, 0.29) is 18.6 Å². The van der Waals surface area contributed by atoms with E-state index in [1.54, 1.807) is 0 Å². The molecule has 128 valence electrons. The van der Waals surface area contributed by atoms with Gasteiger partial charge in [0.15, 0.2) is 0 Å². The summed E-state index contributed by atoms with van der Waals surface area (Å²) in [7, 11) is 0. The molecule has 0 aliphatic heterocycles. The van der Waals surface area contributed by atoms with E-state index in [9.17, 15) is 19.2 Å². The quantitative estimate of drug-likeness (QED) is 0.151. The molecular weight excluding hydrogens is 320 g/mol. The SMILES string of the molecule is NC(=O)[C@H](CCC(=O)O)NNCC(=O)O.N[C@@H](CS)C(=O)O. The fraction of sp³-hybridized carbons (Fsp3) is 0.600. The fourth-order valence-electron chi connectivity index (χ4n) is 0.881. The van der Waals surface area contributed by atoms with Crippen LogP contribution in [-0.4, -0.2) is 63.5 Å². The summed E-state index contributed by atoms with van der Waals surface area (Å²) in [4.78, 5) is 40.8. The summed E-state index contributed by atoms with van der Waals surface area (Å²) >= 11 is 3.65. The molecule has 0 saturated carbocycles. The number of carboxylic acids is 3. The van der Waals surface area contributed by atoms with Crippen LogP contribution in [-0.2, 0) is 19.2 Å². The van der Waals surface area contributed by atoms with Gasteiger partial charge in [0, 0.05) is 12.2 Å². The molecule has 0 aromatic rings. The summed E-state index contributed by atoms with van der Waals surface area (Å²) in [6, 6.07) is -1.72. The molecule has 0 fully saturated rings. The monoisotopic (exact) mass is 340 g/mol. The number of carboxylic acid groups (broad SMARTS) is 3. The van der Waals surface area contributed by atoms with E-state index in [0.29, 0.717) is 0 Å². The molecule has 0 unspecified atom stereocenters. The van der Waals surface area contributed by atoms with Gasteiger partial charge in [-0.1, -0.05) is 0 Å². The van der Waals surface area contributed by atoms with E-state index in [1.165, 1.54) is 0 Å². The van der Waals surface area contributed by atoms with Crippen molar-refractivity contribution in [2.45, 2.75) is 24.9 Å². The Morgan fingerprint density at radius 2 is 1.64 bits per heavy atom. The van der Waals surface area contributed by atoms with Crippen molar-refractivity contribution in [2.24, 2.45) is 11.5 Å². The first kappa shape index (κ1) is 22.4. The van der Waals surface area contributed by atoms with Crippen LogP contribution < -0.4 is 22.3 Å². The van der Waals surface area contributed by atoms with Gasteiger partial charge in [-0.25, -0.2) is 10.9 Å². The molecule has 9 N–H and O–H groups in total. The van der Waals surface area contributed by atoms with E-state index >= 15 is 0 Å². The van der Waals surface area contributed by atoms with E-state index < -0.39 is 42.4 Å². The van der Waals surface area contributed by atoms with Gasteiger partial charge in [0.1, 0.15) is 18.6 Å². The number of nitrogens with two attached hydrogens (primary N) is 2. The van der Waals surface area contributed by atoms with Crippen LogP contribution in [0.5, 0.6) is 0 Å². The Hall–Kier alpha value is -1.89. The average molecular weight is 340 g/mol. The van der Waals surface area contributed by atoms with Gasteiger partial charge in [-0.05, 0) is 6.42 Å². The van der Waals surface area contributed by atoms with Crippen LogP contribution >= 0.6 is 12.6 Å². The Balaban J connectivity index is 0. The van der Waals surface area contributed by atoms with Gasteiger partial charge < -0.3 is 26.8 Å². The molecule has 0 saturated heterocycles. The molecule has 0 aliphatic carbocycles. The molecule has 2 atom stereocenters. The highest BCUT2D eigenvalue weighted by atomic mass is 32.1. The first-order valence-electron chi connectivity index (χ1n) is 5.92. The van der Waals surface area contributed by atoms with Gasteiger partial charge in [0.05, 0.1) is 0 Å². The molecule has 22 heavy (non-hydrogen) atoms. The predicted octanol–water partition coefficient (Wildman–Crippen LogP) is -2.79. The second-order valence-electron chi connectivity index (χ2n) is 3.91.